The van der Waals surface area contributed by atoms with Gasteiger partial charge in [0.2, 0.25) is 0 Å². The van der Waals surface area contributed by atoms with E-state index >= 15 is 0 Å². The molecule has 2 atom stereocenters. The Labute approximate surface area is 126 Å². The maximum Gasteiger partial charge on any atom is 0.300 e. The van der Waals surface area contributed by atoms with Crippen molar-refractivity contribution in [2.45, 2.75) is 31.3 Å². The maximum atomic E-state index is 12.6. The molecule has 0 saturated carbocycles. The fourth-order valence-corrected chi connectivity index (χ4v) is 3.20. The number of nitro groups is 1. The highest BCUT2D eigenvalue weighted by Crippen LogP contribution is 2.25. The molecule has 1 aromatic heterocycles. The molecular weight excluding hydrogens is 296 g/mol. The standard InChI is InChI=1S/C13H15ClN4O3/c14-12-5-10(11(6-15-12)18(20)21)13(19)17-4-3-8-1-2-9(7-17)16-8/h5-6,8-9,16H,1-4,7H2. The summed E-state index contributed by atoms with van der Waals surface area (Å²) in [5.74, 6) is -0.347. The van der Waals surface area contributed by atoms with Crippen molar-refractivity contribution in [1.82, 2.24) is 15.2 Å². The number of rotatable bonds is 2. The van der Waals surface area contributed by atoms with Crippen LogP contribution < -0.4 is 5.32 Å². The molecule has 2 fully saturated rings. The number of carbonyl (C=O) groups is 1. The van der Waals surface area contributed by atoms with Crippen LogP contribution in [0.1, 0.15) is 29.6 Å². The summed E-state index contributed by atoms with van der Waals surface area (Å²) in [7, 11) is 0. The number of hydrogen-bond acceptors (Lipinski definition) is 5. The third kappa shape index (κ3) is 2.84. The molecule has 3 rings (SSSR count). The van der Waals surface area contributed by atoms with E-state index in [0.717, 1.165) is 25.5 Å². The lowest BCUT2D eigenvalue weighted by Gasteiger charge is -2.24. The Balaban J connectivity index is 1.87. The Morgan fingerprint density at radius 2 is 2.19 bits per heavy atom. The minimum absolute atomic E-state index is 0.0118. The normalized spacial score (nSPS) is 24.7. The number of halogens is 1. The van der Waals surface area contributed by atoms with Crippen LogP contribution in [0.15, 0.2) is 12.3 Å². The number of fused-ring (bicyclic) bond motifs is 2. The van der Waals surface area contributed by atoms with Crippen molar-refractivity contribution in [2.24, 2.45) is 0 Å². The molecule has 0 spiro atoms. The van der Waals surface area contributed by atoms with Gasteiger partial charge in [-0.3, -0.25) is 14.9 Å². The average Bonchev–Trinajstić information content (AvgIpc) is 2.77. The van der Waals surface area contributed by atoms with Crippen molar-refractivity contribution in [2.75, 3.05) is 13.1 Å². The van der Waals surface area contributed by atoms with Gasteiger partial charge in [-0.25, -0.2) is 4.98 Å². The van der Waals surface area contributed by atoms with Crippen molar-refractivity contribution < 1.29 is 9.72 Å². The summed E-state index contributed by atoms with van der Waals surface area (Å²) in [4.78, 5) is 28.4. The first-order chi connectivity index (χ1) is 10.0. The Hall–Kier alpha value is -1.73. The SMILES string of the molecule is O=C(c1cc(Cl)ncc1[N+](=O)[O-])N1CCC2CCC(C1)N2. The Morgan fingerprint density at radius 3 is 2.95 bits per heavy atom. The molecular formula is C13H15ClN4O3. The summed E-state index contributed by atoms with van der Waals surface area (Å²) in [5, 5.41) is 14.6. The van der Waals surface area contributed by atoms with Crippen LogP contribution in [-0.4, -0.2) is 45.9 Å². The van der Waals surface area contributed by atoms with Crippen molar-refractivity contribution >= 4 is 23.2 Å². The second-order valence-electron chi connectivity index (χ2n) is 5.46. The molecule has 2 aliphatic rings. The third-order valence-electron chi connectivity index (χ3n) is 4.09. The molecule has 2 unspecified atom stereocenters. The van der Waals surface area contributed by atoms with E-state index in [-0.39, 0.29) is 28.4 Å². The lowest BCUT2D eigenvalue weighted by molar-refractivity contribution is -0.385. The maximum absolute atomic E-state index is 12.6. The fraction of sp³-hybridized carbons (Fsp3) is 0.538. The van der Waals surface area contributed by atoms with Gasteiger partial charge < -0.3 is 10.2 Å². The van der Waals surface area contributed by atoms with E-state index in [1.54, 1.807) is 4.90 Å². The fourth-order valence-electron chi connectivity index (χ4n) is 3.04. The van der Waals surface area contributed by atoms with Gasteiger partial charge in [0.15, 0.2) is 0 Å². The number of carbonyl (C=O) groups excluding carboxylic acids is 1. The minimum atomic E-state index is -0.598. The molecule has 2 bridgehead atoms. The van der Waals surface area contributed by atoms with Gasteiger partial charge >= 0.3 is 0 Å². The largest absolute Gasteiger partial charge is 0.337 e. The van der Waals surface area contributed by atoms with Gasteiger partial charge in [-0.1, -0.05) is 11.6 Å². The molecule has 1 amide bonds. The zero-order chi connectivity index (χ0) is 15.0. The number of likely N-dealkylation sites (tertiary alicyclic amines) is 1. The van der Waals surface area contributed by atoms with E-state index < -0.39 is 4.92 Å². The molecule has 8 heteroatoms. The minimum Gasteiger partial charge on any atom is -0.337 e. The molecule has 0 radical (unpaired) electrons. The summed E-state index contributed by atoms with van der Waals surface area (Å²) in [6.07, 6.45) is 4.08. The van der Waals surface area contributed by atoms with Gasteiger partial charge in [0.1, 0.15) is 16.9 Å². The lowest BCUT2D eigenvalue weighted by atomic mass is 10.1. The molecule has 3 heterocycles. The predicted octanol–water partition coefficient (Wildman–Crippen LogP) is 1.61. The molecule has 1 aromatic rings. The number of nitrogens with zero attached hydrogens (tertiary/aromatic N) is 3. The number of pyridine rings is 1. The van der Waals surface area contributed by atoms with Crippen LogP contribution in [0.5, 0.6) is 0 Å². The molecule has 112 valence electrons. The summed E-state index contributed by atoms with van der Waals surface area (Å²) in [6, 6.07) is 2.00. The molecule has 21 heavy (non-hydrogen) atoms. The molecule has 0 aliphatic carbocycles. The van der Waals surface area contributed by atoms with Crippen LogP contribution in [-0.2, 0) is 0 Å². The van der Waals surface area contributed by atoms with Gasteiger partial charge in [0, 0.05) is 25.2 Å². The first-order valence-corrected chi connectivity index (χ1v) is 7.27. The van der Waals surface area contributed by atoms with Crippen molar-refractivity contribution in [1.29, 1.82) is 0 Å². The second kappa shape index (κ2) is 5.57. The zero-order valence-corrected chi connectivity index (χ0v) is 12.0. The summed E-state index contributed by atoms with van der Waals surface area (Å²) in [5.41, 5.74) is -0.287. The quantitative estimate of drug-likeness (QED) is 0.509. The van der Waals surface area contributed by atoms with Crippen LogP contribution in [0.2, 0.25) is 5.15 Å². The third-order valence-corrected chi connectivity index (χ3v) is 4.29. The average molecular weight is 311 g/mol. The Bertz CT molecular complexity index is 595. The highest BCUT2D eigenvalue weighted by Gasteiger charge is 2.33. The van der Waals surface area contributed by atoms with E-state index in [2.05, 4.69) is 10.3 Å². The van der Waals surface area contributed by atoms with Crippen LogP contribution in [0, 0.1) is 10.1 Å². The summed E-state index contributed by atoms with van der Waals surface area (Å²) >= 11 is 5.78. The molecule has 2 saturated heterocycles. The predicted molar refractivity (Wildman–Crippen MR) is 76.4 cm³/mol. The number of amides is 1. The molecule has 0 aromatic carbocycles. The van der Waals surface area contributed by atoms with E-state index in [4.69, 9.17) is 11.6 Å². The topological polar surface area (TPSA) is 88.4 Å². The van der Waals surface area contributed by atoms with Crippen molar-refractivity contribution in [3.8, 4) is 0 Å². The molecule has 2 aliphatic heterocycles. The van der Waals surface area contributed by atoms with Crippen molar-refractivity contribution in [3.63, 3.8) is 0 Å². The second-order valence-corrected chi connectivity index (χ2v) is 5.85. The van der Waals surface area contributed by atoms with Crippen LogP contribution >= 0.6 is 11.6 Å². The molecule has 7 nitrogen and oxygen atoms in total. The Morgan fingerprint density at radius 1 is 1.43 bits per heavy atom. The van der Waals surface area contributed by atoms with Gasteiger partial charge in [0.25, 0.3) is 11.6 Å². The number of nitrogens with one attached hydrogen (secondary N) is 1. The van der Waals surface area contributed by atoms with Crippen LogP contribution in [0.25, 0.3) is 0 Å². The first-order valence-electron chi connectivity index (χ1n) is 6.90. The van der Waals surface area contributed by atoms with Crippen LogP contribution in [0.3, 0.4) is 0 Å². The lowest BCUT2D eigenvalue weighted by Crippen LogP contribution is -2.39. The van der Waals surface area contributed by atoms with Gasteiger partial charge in [0.05, 0.1) is 4.92 Å². The number of aromatic nitrogens is 1. The zero-order valence-electron chi connectivity index (χ0n) is 11.3. The molecule has 1 N–H and O–H groups in total. The van der Waals surface area contributed by atoms with Crippen LogP contribution in [0.4, 0.5) is 5.69 Å². The highest BCUT2D eigenvalue weighted by molar-refractivity contribution is 6.29. The van der Waals surface area contributed by atoms with Gasteiger partial charge in [-0.05, 0) is 25.3 Å². The highest BCUT2D eigenvalue weighted by atomic mass is 35.5. The van der Waals surface area contributed by atoms with E-state index in [1.807, 2.05) is 0 Å². The Kier molecular flexibility index (Phi) is 3.77. The van der Waals surface area contributed by atoms with Crippen molar-refractivity contribution in [3.05, 3.63) is 33.1 Å². The van der Waals surface area contributed by atoms with E-state index in [9.17, 15) is 14.9 Å². The van der Waals surface area contributed by atoms with E-state index in [0.29, 0.717) is 19.1 Å². The van der Waals surface area contributed by atoms with Gasteiger partial charge in [-0.2, -0.15) is 0 Å². The number of hydrogen-bond donors (Lipinski definition) is 1. The van der Waals surface area contributed by atoms with Gasteiger partial charge in [-0.15, -0.1) is 0 Å². The van der Waals surface area contributed by atoms with E-state index in [1.165, 1.54) is 6.07 Å². The summed E-state index contributed by atoms with van der Waals surface area (Å²) in [6.45, 7) is 1.18. The summed E-state index contributed by atoms with van der Waals surface area (Å²) < 4.78 is 0. The smallest absolute Gasteiger partial charge is 0.300 e. The first kappa shape index (κ1) is 14.2. The monoisotopic (exact) mass is 310 g/mol.